The number of ether oxygens (including phenoxy) is 2. The quantitative estimate of drug-likeness (QED) is 0.644. The Bertz CT molecular complexity index is 890. The third-order valence-corrected chi connectivity index (χ3v) is 5.61. The van der Waals surface area contributed by atoms with Gasteiger partial charge >= 0.3 is 6.61 Å². The van der Waals surface area contributed by atoms with Crippen LogP contribution in [0.1, 0.15) is 31.2 Å². The zero-order chi connectivity index (χ0) is 20.4. The zero-order valence-corrected chi connectivity index (χ0v) is 18.3. The second-order valence-corrected chi connectivity index (χ2v) is 7.40. The minimum absolute atomic E-state index is 0. The summed E-state index contributed by atoms with van der Waals surface area (Å²) in [7, 11) is 1.62. The van der Waals surface area contributed by atoms with Crippen molar-refractivity contribution in [2.24, 2.45) is 0 Å². The molecule has 2 aliphatic rings. The van der Waals surface area contributed by atoms with Crippen LogP contribution in [0.2, 0.25) is 0 Å². The van der Waals surface area contributed by atoms with Gasteiger partial charge in [0.05, 0.1) is 13.7 Å². The van der Waals surface area contributed by atoms with Gasteiger partial charge in [0, 0.05) is 12.0 Å². The van der Waals surface area contributed by atoms with Crippen LogP contribution >= 0.6 is 0 Å². The molecule has 0 radical (unpaired) electrons. The number of methoxy groups -OCH3 is 1. The van der Waals surface area contributed by atoms with Crippen LogP contribution in [0.25, 0.3) is 0 Å². The first kappa shape index (κ1) is 22.5. The van der Waals surface area contributed by atoms with Gasteiger partial charge in [0.2, 0.25) is 0 Å². The zero-order valence-electron chi connectivity index (χ0n) is 16.7. The minimum atomic E-state index is -2.88. The van der Waals surface area contributed by atoms with Gasteiger partial charge in [-0.25, -0.2) is 0 Å². The Morgan fingerprint density at radius 1 is 1.00 bits per heavy atom. The molecule has 5 nitrogen and oxygen atoms in total. The van der Waals surface area contributed by atoms with E-state index in [9.17, 15) is 13.9 Å². The molecule has 162 valence electrons. The number of hydrogen-bond acceptors (Lipinski definition) is 4. The predicted molar refractivity (Wildman–Crippen MR) is 106 cm³/mol. The Morgan fingerprint density at radius 2 is 1.67 bits per heavy atom. The topological polar surface area (TPSA) is 44.9 Å². The molecule has 0 saturated carbocycles. The summed E-state index contributed by atoms with van der Waals surface area (Å²) in [4.78, 5) is 1.97. The number of amidine groups is 1. The number of aliphatic hydroxyl groups is 1. The molecular weight excluding hydrogens is 458 g/mol. The van der Waals surface area contributed by atoms with Crippen LogP contribution in [-0.2, 0) is 5.72 Å². The largest absolute Gasteiger partial charge is 1.00 e. The molecule has 2 aromatic rings. The van der Waals surface area contributed by atoms with Crippen molar-refractivity contribution in [1.29, 1.82) is 0 Å². The lowest BCUT2D eigenvalue weighted by Crippen LogP contribution is -3.00. The van der Waals surface area contributed by atoms with Crippen LogP contribution in [0.5, 0.6) is 11.5 Å². The summed E-state index contributed by atoms with van der Waals surface area (Å²) in [5.41, 5.74) is 0.195. The summed E-state index contributed by atoms with van der Waals surface area (Å²) >= 11 is 0. The highest BCUT2D eigenvalue weighted by molar-refractivity contribution is 5.97. The molecule has 0 amide bonds. The number of nitrogens with zero attached hydrogens (tertiary/aromatic N) is 2. The lowest BCUT2D eigenvalue weighted by molar-refractivity contribution is -0.534. The second-order valence-electron chi connectivity index (χ2n) is 7.40. The van der Waals surface area contributed by atoms with E-state index < -0.39 is 12.3 Å². The first-order valence-corrected chi connectivity index (χ1v) is 9.84. The number of benzene rings is 2. The fourth-order valence-electron chi connectivity index (χ4n) is 4.24. The van der Waals surface area contributed by atoms with Gasteiger partial charge in [0.15, 0.2) is 6.54 Å². The molecule has 1 atom stereocenters. The van der Waals surface area contributed by atoms with Crippen molar-refractivity contribution in [1.82, 2.24) is 0 Å². The van der Waals surface area contributed by atoms with Crippen LogP contribution in [0, 0.1) is 0 Å². The van der Waals surface area contributed by atoms with E-state index >= 15 is 0 Å². The molecule has 2 aromatic carbocycles. The van der Waals surface area contributed by atoms with E-state index in [-0.39, 0.29) is 22.7 Å². The van der Waals surface area contributed by atoms with Gasteiger partial charge in [0.25, 0.3) is 11.6 Å². The third kappa shape index (κ3) is 4.30. The molecule has 1 N–H and O–H groups in total. The lowest BCUT2D eigenvalue weighted by atomic mass is 9.99. The van der Waals surface area contributed by atoms with Gasteiger partial charge in [-0.2, -0.15) is 13.7 Å². The van der Waals surface area contributed by atoms with Gasteiger partial charge in [-0.1, -0.05) is 0 Å². The number of rotatable bonds is 5. The van der Waals surface area contributed by atoms with Crippen molar-refractivity contribution in [3.63, 3.8) is 0 Å². The van der Waals surface area contributed by atoms with Gasteiger partial charge in [-0.3, -0.25) is 4.58 Å². The summed E-state index contributed by atoms with van der Waals surface area (Å²) in [5.74, 6) is 1.90. The molecule has 0 fully saturated rings. The smallest absolute Gasteiger partial charge is 0.387 e. The molecule has 2 heterocycles. The predicted octanol–water partition coefficient (Wildman–Crippen LogP) is 0.951. The fourth-order valence-corrected chi connectivity index (χ4v) is 4.24. The molecule has 30 heavy (non-hydrogen) atoms. The van der Waals surface area contributed by atoms with Crippen LogP contribution in [0.3, 0.4) is 0 Å². The van der Waals surface area contributed by atoms with Crippen molar-refractivity contribution in [3.8, 4) is 11.5 Å². The van der Waals surface area contributed by atoms with Crippen LogP contribution in [0.4, 0.5) is 14.5 Å². The second kappa shape index (κ2) is 9.31. The standard InChI is InChI=1S/C22H25F2N2O3.BrH/c1-28-18-12-8-17(9-13-18)26-20-5-3-2-4-14-25(20)15-22(26,27)16-6-10-19(11-7-16)29-21(23)24;/h6-13,21,27H,2-5,14-15H2,1H3;1H/q+1;/p-1. The van der Waals surface area contributed by atoms with Gasteiger partial charge < -0.3 is 31.6 Å². The fraction of sp³-hybridized carbons (Fsp3) is 0.409. The van der Waals surface area contributed by atoms with E-state index in [1.807, 2.05) is 29.2 Å². The Morgan fingerprint density at radius 3 is 2.30 bits per heavy atom. The molecule has 4 rings (SSSR count). The molecular formula is C22H25BrF2N2O3. The number of hydrogen-bond donors (Lipinski definition) is 1. The average Bonchev–Trinajstić information content (AvgIpc) is 2.84. The van der Waals surface area contributed by atoms with E-state index in [1.165, 1.54) is 12.1 Å². The minimum Gasteiger partial charge on any atom is -1.00 e. The normalized spacial score (nSPS) is 21.2. The van der Waals surface area contributed by atoms with E-state index in [1.54, 1.807) is 19.2 Å². The first-order chi connectivity index (χ1) is 14.0. The molecule has 0 aromatic heterocycles. The van der Waals surface area contributed by atoms with E-state index in [0.29, 0.717) is 12.1 Å². The van der Waals surface area contributed by atoms with Crippen molar-refractivity contribution >= 4 is 11.5 Å². The van der Waals surface area contributed by atoms with Crippen molar-refractivity contribution in [3.05, 3.63) is 54.1 Å². The van der Waals surface area contributed by atoms with E-state index in [0.717, 1.165) is 49.5 Å². The van der Waals surface area contributed by atoms with Crippen molar-refractivity contribution < 1.29 is 44.9 Å². The highest BCUT2D eigenvalue weighted by Crippen LogP contribution is 2.38. The summed E-state index contributed by atoms with van der Waals surface area (Å²) in [6.07, 6.45) is 4.18. The molecule has 2 aliphatic heterocycles. The number of anilines is 1. The summed E-state index contributed by atoms with van der Waals surface area (Å²) < 4.78 is 36.9. The highest BCUT2D eigenvalue weighted by atomic mass is 79.9. The monoisotopic (exact) mass is 482 g/mol. The van der Waals surface area contributed by atoms with Crippen molar-refractivity contribution in [2.75, 3.05) is 25.1 Å². The molecule has 0 bridgehead atoms. The average molecular weight is 483 g/mol. The Labute approximate surface area is 185 Å². The molecule has 8 heteroatoms. The van der Waals surface area contributed by atoms with Crippen LogP contribution in [-0.4, -0.2) is 42.3 Å². The highest BCUT2D eigenvalue weighted by Gasteiger charge is 2.54. The Hall–Kier alpha value is -2.19. The van der Waals surface area contributed by atoms with Gasteiger partial charge in [0.1, 0.15) is 17.2 Å². The number of alkyl halides is 2. The number of halogens is 3. The maximum absolute atomic E-state index is 12.5. The summed E-state index contributed by atoms with van der Waals surface area (Å²) in [5, 5.41) is 11.8. The maximum Gasteiger partial charge on any atom is 0.387 e. The van der Waals surface area contributed by atoms with Crippen LogP contribution in [0.15, 0.2) is 48.5 Å². The maximum atomic E-state index is 12.5. The SMILES string of the molecule is COc1ccc(N2C3=[N+](CCCCC3)CC2(O)c2ccc(OC(F)F)cc2)cc1.[Br-]. The summed E-state index contributed by atoms with van der Waals surface area (Å²) in [6.45, 7) is -1.57. The third-order valence-electron chi connectivity index (χ3n) is 5.61. The molecule has 0 spiro atoms. The Balaban J connectivity index is 0.00000256. The van der Waals surface area contributed by atoms with Crippen molar-refractivity contribution in [2.45, 2.75) is 38.0 Å². The first-order valence-electron chi connectivity index (χ1n) is 9.84. The summed E-state index contributed by atoms with van der Waals surface area (Å²) in [6, 6.07) is 13.9. The molecule has 1 unspecified atom stereocenters. The van der Waals surface area contributed by atoms with Crippen LogP contribution < -0.4 is 31.4 Å². The lowest BCUT2D eigenvalue weighted by Gasteiger charge is -2.29. The van der Waals surface area contributed by atoms with E-state index in [4.69, 9.17) is 4.74 Å². The van der Waals surface area contributed by atoms with Gasteiger partial charge in [-0.15, -0.1) is 0 Å². The van der Waals surface area contributed by atoms with E-state index in [2.05, 4.69) is 9.31 Å². The Kier molecular flexibility index (Phi) is 6.98. The molecule has 0 saturated heterocycles. The molecule has 0 aliphatic carbocycles. The van der Waals surface area contributed by atoms with Gasteiger partial charge in [-0.05, 0) is 67.8 Å².